The third kappa shape index (κ3) is 7.08. The second-order valence-electron chi connectivity index (χ2n) is 14.9. The maximum atomic E-state index is 6.06. The zero-order valence-electron chi connectivity index (χ0n) is 27.8. The minimum absolute atomic E-state index is 0.0717. The van der Waals surface area contributed by atoms with Gasteiger partial charge in [0.25, 0.3) is 0 Å². The molecular weight excluding hydrogens is 520 g/mol. The van der Waals surface area contributed by atoms with Crippen molar-refractivity contribution in [3.05, 3.63) is 136 Å². The maximum Gasteiger partial charge on any atom is 0.119 e. The summed E-state index contributed by atoms with van der Waals surface area (Å²) < 4.78 is 6.06. The highest BCUT2D eigenvalue weighted by atomic mass is 16.5. The first-order chi connectivity index (χ1) is 20.2. The van der Waals surface area contributed by atoms with Crippen LogP contribution in [0.1, 0.15) is 114 Å². The van der Waals surface area contributed by atoms with Gasteiger partial charge in [0.15, 0.2) is 0 Å². The lowest BCUT2D eigenvalue weighted by Crippen LogP contribution is -2.31. The first kappa shape index (κ1) is 32.2. The largest absolute Gasteiger partial charge is 0.494 e. The Kier molecular flexibility index (Phi) is 9.32. The van der Waals surface area contributed by atoms with Crippen molar-refractivity contribution in [1.82, 2.24) is 0 Å². The van der Waals surface area contributed by atoms with Gasteiger partial charge in [0.05, 0.1) is 12.0 Å². The van der Waals surface area contributed by atoms with Crippen LogP contribution in [0.15, 0.2) is 97.1 Å². The van der Waals surface area contributed by atoms with E-state index >= 15 is 0 Å². The Balaban J connectivity index is 1.98. The predicted octanol–water partition coefficient (Wildman–Crippen LogP) is 10.8. The van der Waals surface area contributed by atoms with E-state index in [1.165, 1.54) is 38.9 Å². The third-order valence-electron chi connectivity index (χ3n) is 8.57. The molecule has 224 valence electrons. The van der Waals surface area contributed by atoms with Gasteiger partial charge in [-0.2, -0.15) is 0 Å². The molecule has 0 spiro atoms. The molecule has 0 saturated heterocycles. The van der Waals surface area contributed by atoms with Gasteiger partial charge in [0.1, 0.15) is 5.75 Å². The summed E-state index contributed by atoms with van der Waals surface area (Å²) in [6, 6.07) is 36.5. The fourth-order valence-corrected chi connectivity index (χ4v) is 5.83. The molecule has 0 aliphatic heterocycles. The second-order valence-corrected chi connectivity index (χ2v) is 14.9. The van der Waals surface area contributed by atoms with Crippen molar-refractivity contribution in [2.24, 2.45) is 0 Å². The van der Waals surface area contributed by atoms with Gasteiger partial charge in [-0.25, -0.2) is 0 Å². The number of hydrogen-bond acceptors (Lipinski definition) is 1. The molecule has 0 heterocycles. The Labute approximate surface area is 261 Å². The maximum absolute atomic E-state index is 6.06. The number of terminal acetylenes is 1. The quantitative estimate of drug-likeness (QED) is 0.116. The van der Waals surface area contributed by atoms with Gasteiger partial charge in [-0.1, -0.05) is 147 Å². The fraction of sp³-hybridized carbons (Fsp3) is 0.381. The predicted molar refractivity (Wildman–Crippen MR) is 184 cm³/mol. The lowest BCUT2D eigenvalue weighted by Gasteiger charge is -2.38. The summed E-state index contributed by atoms with van der Waals surface area (Å²) in [6.07, 6.45) is 7.01. The van der Waals surface area contributed by atoms with E-state index in [0.29, 0.717) is 6.61 Å². The van der Waals surface area contributed by atoms with Gasteiger partial charge in [0, 0.05) is 6.42 Å². The lowest BCUT2D eigenvalue weighted by molar-refractivity contribution is 0.313. The fourth-order valence-electron chi connectivity index (χ4n) is 5.83. The molecule has 0 aliphatic carbocycles. The molecule has 1 nitrogen and oxygen atoms in total. The van der Waals surface area contributed by atoms with Gasteiger partial charge < -0.3 is 4.74 Å². The van der Waals surface area contributed by atoms with Crippen LogP contribution >= 0.6 is 0 Å². The van der Waals surface area contributed by atoms with Gasteiger partial charge in [0.2, 0.25) is 0 Å². The van der Waals surface area contributed by atoms with Gasteiger partial charge in [-0.05, 0) is 73.7 Å². The van der Waals surface area contributed by atoms with Gasteiger partial charge in [-0.3, -0.25) is 0 Å². The van der Waals surface area contributed by atoms with Crippen molar-refractivity contribution in [3.8, 4) is 18.1 Å². The molecule has 0 radical (unpaired) electrons. The number of hydrogen-bond donors (Lipinski definition) is 0. The van der Waals surface area contributed by atoms with Crippen LogP contribution in [0.25, 0.3) is 0 Å². The Morgan fingerprint density at radius 2 is 0.744 bits per heavy atom. The molecule has 0 aliphatic rings. The summed E-state index contributed by atoms with van der Waals surface area (Å²) in [7, 11) is 0. The van der Waals surface area contributed by atoms with Crippen LogP contribution in [0.5, 0.6) is 5.75 Å². The smallest absolute Gasteiger partial charge is 0.119 e. The van der Waals surface area contributed by atoms with E-state index in [-0.39, 0.29) is 16.2 Å². The van der Waals surface area contributed by atoms with Crippen molar-refractivity contribution in [3.63, 3.8) is 0 Å². The van der Waals surface area contributed by atoms with E-state index in [4.69, 9.17) is 11.2 Å². The molecule has 0 aromatic heterocycles. The zero-order valence-corrected chi connectivity index (χ0v) is 27.8. The van der Waals surface area contributed by atoms with Crippen molar-refractivity contribution in [2.75, 3.05) is 6.61 Å². The number of rotatable bonds is 8. The molecule has 0 atom stereocenters. The average molecular weight is 571 g/mol. The molecule has 4 rings (SSSR count). The van der Waals surface area contributed by atoms with E-state index in [1.807, 2.05) is 0 Å². The van der Waals surface area contributed by atoms with E-state index in [2.05, 4.69) is 165 Å². The molecule has 0 fully saturated rings. The zero-order chi connectivity index (χ0) is 31.5. The summed E-state index contributed by atoms with van der Waals surface area (Å²) in [6.45, 7) is 21.1. The van der Waals surface area contributed by atoms with Crippen molar-refractivity contribution in [2.45, 2.75) is 96.8 Å². The average Bonchev–Trinajstić information content (AvgIpc) is 2.96. The summed E-state index contributed by atoms with van der Waals surface area (Å²) in [5.41, 5.74) is 8.61. The molecule has 4 aromatic rings. The minimum atomic E-state index is -0.523. The van der Waals surface area contributed by atoms with Crippen LogP contribution in [0.2, 0.25) is 0 Å². The van der Waals surface area contributed by atoms with Gasteiger partial charge >= 0.3 is 0 Å². The minimum Gasteiger partial charge on any atom is -0.494 e. The standard InChI is InChI=1S/C42H50O/c1-11-12-13-30-43-38-28-26-37(27-29-38)42(34-20-14-31(15-21-34)39(2,3)4,35-22-16-32(17-23-35)40(5,6)7)36-24-18-33(19-25-36)41(8,9)10/h1,14-29H,12-13,30H2,2-10H3. The molecule has 0 bridgehead atoms. The molecular formula is C42H50O. The van der Waals surface area contributed by atoms with Crippen LogP contribution in [-0.2, 0) is 21.7 Å². The van der Waals surface area contributed by atoms with Gasteiger partial charge in [-0.15, -0.1) is 12.3 Å². The van der Waals surface area contributed by atoms with Crippen LogP contribution in [0, 0.1) is 12.3 Å². The first-order valence-electron chi connectivity index (χ1n) is 15.7. The normalized spacial score (nSPS) is 12.6. The summed E-state index contributed by atoms with van der Waals surface area (Å²) in [5, 5.41) is 0. The van der Waals surface area contributed by atoms with Crippen molar-refractivity contribution < 1.29 is 4.74 Å². The van der Waals surface area contributed by atoms with Crippen LogP contribution in [0.3, 0.4) is 0 Å². The summed E-state index contributed by atoms with van der Waals surface area (Å²) in [5.74, 6) is 3.56. The monoisotopic (exact) mass is 570 g/mol. The van der Waals surface area contributed by atoms with E-state index in [0.717, 1.165) is 18.6 Å². The van der Waals surface area contributed by atoms with Crippen LogP contribution in [-0.4, -0.2) is 6.61 Å². The SMILES string of the molecule is C#CCCCOc1ccc(C(c2ccc(C(C)(C)C)cc2)(c2ccc(C(C)(C)C)cc2)c2ccc(C(C)(C)C)cc2)cc1. The molecule has 43 heavy (non-hydrogen) atoms. The van der Waals surface area contributed by atoms with E-state index in [1.54, 1.807) is 0 Å². The Morgan fingerprint density at radius 3 is 1.02 bits per heavy atom. The molecule has 0 saturated carbocycles. The highest BCUT2D eigenvalue weighted by molar-refractivity contribution is 5.61. The molecule has 1 heteroatoms. The molecule has 0 unspecified atom stereocenters. The van der Waals surface area contributed by atoms with E-state index < -0.39 is 5.41 Å². The molecule has 0 amide bonds. The Morgan fingerprint density at radius 1 is 0.465 bits per heavy atom. The number of unbranched alkanes of at least 4 members (excludes halogenated alkanes) is 1. The summed E-state index contributed by atoms with van der Waals surface area (Å²) in [4.78, 5) is 0. The Bertz CT molecular complexity index is 1370. The highest BCUT2D eigenvalue weighted by Gasteiger charge is 2.39. The van der Waals surface area contributed by atoms with Crippen molar-refractivity contribution in [1.29, 1.82) is 0 Å². The highest BCUT2D eigenvalue weighted by Crippen LogP contribution is 2.47. The number of ether oxygens (including phenoxy) is 1. The number of benzene rings is 4. The molecule has 4 aromatic carbocycles. The van der Waals surface area contributed by atoms with Crippen LogP contribution < -0.4 is 4.74 Å². The van der Waals surface area contributed by atoms with Crippen LogP contribution in [0.4, 0.5) is 0 Å². The topological polar surface area (TPSA) is 9.23 Å². The lowest BCUT2D eigenvalue weighted by atomic mass is 9.64. The van der Waals surface area contributed by atoms with Crippen molar-refractivity contribution >= 4 is 0 Å². The van der Waals surface area contributed by atoms with E-state index in [9.17, 15) is 0 Å². The third-order valence-corrected chi connectivity index (χ3v) is 8.57. The Hall–Kier alpha value is -3.76. The summed E-state index contributed by atoms with van der Waals surface area (Å²) >= 11 is 0. The first-order valence-corrected chi connectivity index (χ1v) is 15.7. The molecule has 0 N–H and O–H groups in total. The second kappa shape index (κ2) is 12.5.